The molecule has 2 N–H and O–H groups in total. The summed E-state index contributed by atoms with van der Waals surface area (Å²) in [7, 11) is 0. The second-order valence-corrected chi connectivity index (χ2v) is 5.16. The lowest BCUT2D eigenvalue weighted by molar-refractivity contribution is -0.120. The summed E-state index contributed by atoms with van der Waals surface area (Å²) in [5.74, 6) is 0.209. The van der Waals surface area contributed by atoms with Crippen LogP contribution in [0.25, 0.3) is 0 Å². The van der Waals surface area contributed by atoms with Crippen LogP contribution < -0.4 is 5.32 Å². The second-order valence-electron chi connectivity index (χ2n) is 4.25. The Morgan fingerprint density at radius 2 is 1.58 bits per heavy atom. The molecule has 0 aliphatic carbocycles. The van der Waals surface area contributed by atoms with Gasteiger partial charge in [-0.2, -0.15) is 0 Å². The maximum atomic E-state index is 11.8. The van der Waals surface area contributed by atoms with E-state index in [1.807, 2.05) is 24.3 Å². The van der Waals surface area contributed by atoms with Crippen molar-refractivity contribution in [2.24, 2.45) is 0 Å². The van der Waals surface area contributed by atoms with Crippen LogP contribution in [0.1, 0.15) is 11.1 Å². The molecule has 0 aliphatic rings. The van der Waals surface area contributed by atoms with Crippen molar-refractivity contribution in [3.63, 3.8) is 0 Å². The number of carbonyl (C=O) groups excluding carboxylic acids is 1. The molecule has 2 rings (SSSR count). The summed E-state index contributed by atoms with van der Waals surface area (Å²) in [6.45, 7) is 0.468. The van der Waals surface area contributed by atoms with E-state index in [-0.39, 0.29) is 11.7 Å². The Bertz CT molecular complexity index is 549. The first-order valence-electron chi connectivity index (χ1n) is 5.92. The first-order chi connectivity index (χ1) is 9.13. The lowest BCUT2D eigenvalue weighted by atomic mass is 10.1. The minimum absolute atomic E-state index is 0.0182. The van der Waals surface area contributed by atoms with E-state index >= 15 is 0 Å². The fourth-order valence-corrected chi connectivity index (χ4v) is 1.93. The molecule has 19 heavy (non-hydrogen) atoms. The van der Waals surface area contributed by atoms with E-state index in [1.54, 1.807) is 24.3 Å². The molecule has 0 saturated carbocycles. The van der Waals surface area contributed by atoms with Gasteiger partial charge < -0.3 is 10.4 Å². The molecule has 1 amide bonds. The number of phenolic OH excluding ortho intramolecular Hbond substituents is 1. The third kappa shape index (κ3) is 4.41. The van der Waals surface area contributed by atoms with Crippen LogP contribution >= 0.6 is 15.9 Å². The Kier molecular flexibility index (Phi) is 4.58. The van der Waals surface area contributed by atoms with E-state index in [0.29, 0.717) is 13.0 Å². The minimum atomic E-state index is -0.0182. The van der Waals surface area contributed by atoms with Crippen molar-refractivity contribution in [1.29, 1.82) is 0 Å². The smallest absolute Gasteiger partial charge is 0.224 e. The molecule has 98 valence electrons. The molecule has 0 spiro atoms. The predicted octanol–water partition coefficient (Wildman–Crippen LogP) is 3.01. The van der Waals surface area contributed by atoms with E-state index in [9.17, 15) is 4.79 Å². The van der Waals surface area contributed by atoms with Gasteiger partial charge in [0.25, 0.3) is 0 Å². The van der Waals surface area contributed by atoms with Crippen LogP contribution in [0.3, 0.4) is 0 Å². The highest BCUT2D eigenvalue weighted by molar-refractivity contribution is 9.10. The number of benzene rings is 2. The first-order valence-corrected chi connectivity index (χ1v) is 6.72. The average molecular weight is 320 g/mol. The maximum absolute atomic E-state index is 11.8. The van der Waals surface area contributed by atoms with Crippen molar-refractivity contribution >= 4 is 21.8 Å². The normalized spacial score (nSPS) is 10.2. The highest BCUT2D eigenvalue weighted by Gasteiger charge is 2.03. The maximum Gasteiger partial charge on any atom is 0.224 e. The van der Waals surface area contributed by atoms with Gasteiger partial charge in [-0.15, -0.1) is 0 Å². The number of halogens is 1. The van der Waals surface area contributed by atoms with Gasteiger partial charge >= 0.3 is 0 Å². The summed E-state index contributed by atoms with van der Waals surface area (Å²) in [6, 6.07) is 14.5. The molecule has 0 unspecified atom stereocenters. The number of carbonyl (C=O) groups is 1. The van der Waals surface area contributed by atoms with Gasteiger partial charge in [0.15, 0.2) is 0 Å². The molecule has 0 aromatic heterocycles. The summed E-state index contributed by atoms with van der Waals surface area (Å²) in [5, 5.41) is 12.0. The molecule has 2 aromatic carbocycles. The zero-order valence-corrected chi connectivity index (χ0v) is 11.9. The van der Waals surface area contributed by atoms with E-state index < -0.39 is 0 Å². The number of amides is 1. The van der Waals surface area contributed by atoms with Gasteiger partial charge in [0.1, 0.15) is 5.75 Å². The van der Waals surface area contributed by atoms with Crippen molar-refractivity contribution in [2.45, 2.75) is 13.0 Å². The van der Waals surface area contributed by atoms with Crippen molar-refractivity contribution in [1.82, 2.24) is 5.32 Å². The van der Waals surface area contributed by atoms with E-state index in [0.717, 1.165) is 15.6 Å². The van der Waals surface area contributed by atoms with Crippen LogP contribution in [0, 0.1) is 0 Å². The highest BCUT2D eigenvalue weighted by Crippen LogP contribution is 2.11. The molecule has 0 bridgehead atoms. The lowest BCUT2D eigenvalue weighted by Gasteiger charge is -2.06. The van der Waals surface area contributed by atoms with E-state index in [4.69, 9.17) is 5.11 Å². The lowest BCUT2D eigenvalue weighted by Crippen LogP contribution is -2.24. The van der Waals surface area contributed by atoms with Crippen molar-refractivity contribution in [2.75, 3.05) is 0 Å². The van der Waals surface area contributed by atoms with Crippen LogP contribution in [0.2, 0.25) is 0 Å². The average Bonchev–Trinajstić information content (AvgIpc) is 2.41. The third-order valence-corrected chi connectivity index (χ3v) is 3.23. The van der Waals surface area contributed by atoms with Gasteiger partial charge in [-0.05, 0) is 35.4 Å². The second kappa shape index (κ2) is 6.38. The third-order valence-electron chi connectivity index (χ3n) is 2.70. The van der Waals surface area contributed by atoms with Gasteiger partial charge in [0, 0.05) is 11.0 Å². The summed E-state index contributed by atoms with van der Waals surface area (Å²) < 4.78 is 1.00. The van der Waals surface area contributed by atoms with Gasteiger partial charge in [-0.25, -0.2) is 0 Å². The predicted molar refractivity (Wildman–Crippen MR) is 77.8 cm³/mol. The van der Waals surface area contributed by atoms with Crippen LogP contribution in [-0.4, -0.2) is 11.0 Å². The summed E-state index contributed by atoms with van der Waals surface area (Å²) in [6.07, 6.45) is 0.366. The molecule has 2 aromatic rings. The number of aromatic hydroxyl groups is 1. The largest absolute Gasteiger partial charge is 0.508 e. The standard InChI is InChI=1S/C15H14BrNO2/c16-13-5-1-11(2-6-13)9-15(19)17-10-12-3-7-14(18)8-4-12/h1-8,18H,9-10H2,(H,17,19). The Hall–Kier alpha value is -1.81. The van der Waals surface area contributed by atoms with Crippen LogP contribution in [0.15, 0.2) is 53.0 Å². The van der Waals surface area contributed by atoms with Crippen LogP contribution in [0.5, 0.6) is 5.75 Å². The fraction of sp³-hybridized carbons (Fsp3) is 0.133. The fourth-order valence-electron chi connectivity index (χ4n) is 1.66. The van der Waals surface area contributed by atoms with Gasteiger partial charge in [-0.3, -0.25) is 4.79 Å². The molecule has 3 nitrogen and oxygen atoms in total. The number of hydrogen-bond donors (Lipinski definition) is 2. The number of rotatable bonds is 4. The van der Waals surface area contributed by atoms with Gasteiger partial charge in [0.2, 0.25) is 5.91 Å². The quantitative estimate of drug-likeness (QED) is 0.910. The Morgan fingerprint density at radius 3 is 2.21 bits per heavy atom. The van der Waals surface area contributed by atoms with E-state index in [2.05, 4.69) is 21.2 Å². The molecule has 0 saturated heterocycles. The van der Waals surface area contributed by atoms with Crippen LogP contribution in [-0.2, 0) is 17.8 Å². The van der Waals surface area contributed by atoms with E-state index in [1.165, 1.54) is 0 Å². The van der Waals surface area contributed by atoms with Crippen molar-refractivity contribution < 1.29 is 9.90 Å². The van der Waals surface area contributed by atoms with Gasteiger partial charge in [-0.1, -0.05) is 40.2 Å². The Labute approximate surface area is 120 Å². The first kappa shape index (κ1) is 13.6. The molecule has 4 heteroatoms. The van der Waals surface area contributed by atoms with Crippen molar-refractivity contribution in [3.05, 3.63) is 64.1 Å². The molecule has 0 radical (unpaired) electrons. The summed E-state index contributed by atoms with van der Waals surface area (Å²) >= 11 is 3.36. The number of nitrogens with one attached hydrogen (secondary N) is 1. The minimum Gasteiger partial charge on any atom is -0.508 e. The topological polar surface area (TPSA) is 49.3 Å². The monoisotopic (exact) mass is 319 g/mol. The molecule has 0 heterocycles. The Balaban J connectivity index is 1.84. The van der Waals surface area contributed by atoms with Gasteiger partial charge in [0.05, 0.1) is 6.42 Å². The molecular formula is C15H14BrNO2. The zero-order chi connectivity index (χ0) is 13.7. The molecular weight excluding hydrogens is 306 g/mol. The SMILES string of the molecule is O=C(Cc1ccc(Br)cc1)NCc1ccc(O)cc1. The highest BCUT2D eigenvalue weighted by atomic mass is 79.9. The number of phenols is 1. The Morgan fingerprint density at radius 1 is 1.00 bits per heavy atom. The summed E-state index contributed by atoms with van der Waals surface area (Å²) in [5.41, 5.74) is 1.94. The number of hydrogen-bond acceptors (Lipinski definition) is 2. The molecule has 0 fully saturated rings. The zero-order valence-electron chi connectivity index (χ0n) is 10.3. The summed E-state index contributed by atoms with van der Waals surface area (Å²) in [4.78, 5) is 11.8. The molecule has 0 atom stereocenters. The van der Waals surface area contributed by atoms with Crippen LogP contribution in [0.4, 0.5) is 0 Å². The molecule has 0 aliphatic heterocycles. The van der Waals surface area contributed by atoms with Crippen molar-refractivity contribution in [3.8, 4) is 5.75 Å².